The van der Waals surface area contributed by atoms with Crippen molar-refractivity contribution < 1.29 is 9.18 Å². The van der Waals surface area contributed by atoms with E-state index in [0.717, 1.165) is 0 Å². The average molecular weight is 131 g/mol. The van der Waals surface area contributed by atoms with Crippen LogP contribution in [0.3, 0.4) is 0 Å². The Kier molecular flexibility index (Phi) is 2.91. The van der Waals surface area contributed by atoms with Crippen LogP contribution in [0.25, 0.3) is 0 Å². The lowest BCUT2D eigenvalue weighted by Gasteiger charge is -1.96. The summed E-state index contributed by atoms with van der Waals surface area (Å²) in [5, 5.41) is 2.31. The lowest BCUT2D eigenvalue weighted by Crippen LogP contribution is -2.18. The first-order valence-electron chi connectivity index (χ1n) is 2.64. The first-order valence-corrected chi connectivity index (χ1v) is 2.64. The monoisotopic (exact) mass is 131 g/mol. The minimum atomic E-state index is -0.436. The first kappa shape index (κ1) is 8.14. The maximum atomic E-state index is 12.2. The van der Waals surface area contributed by atoms with Gasteiger partial charge in [0.2, 0.25) is 5.91 Å². The maximum absolute atomic E-state index is 12.2. The van der Waals surface area contributed by atoms with Crippen molar-refractivity contribution in [2.24, 2.45) is 0 Å². The van der Waals surface area contributed by atoms with Crippen molar-refractivity contribution in [3.63, 3.8) is 0 Å². The van der Waals surface area contributed by atoms with Gasteiger partial charge in [-0.1, -0.05) is 0 Å². The molecule has 0 fully saturated rings. The molecular formula is C6H10FNO. The highest BCUT2D eigenvalue weighted by Gasteiger charge is 2.03. The molecule has 52 valence electrons. The third kappa shape index (κ3) is 2.26. The van der Waals surface area contributed by atoms with Crippen LogP contribution in [-0.2, 0) is 4.79 Å². The summed E-state index contributed by atoms with van der Waals surface area (Å²) in [6, 6.07) is 0. The number of likely N-dealkylation sites (N-methyl/N-ethyl adjacent to an activating group) is 1. The third-order valence-corrected chi connectivity index (χ3v) is 1.08. The molecule has 2 nitrogen and oxygen atoms in total. The summed E-state index contributed by atoms with van der Waals surface area (Å²) < 4.78 is 12.2. The Morgan fingerprint density at radius 2 is 1.89 bits per heavy atom. The molecule has 0 heterocycles. The SMILES string of the molecule is CNC(=O)/C(C)=C(\C)F. The molecule has 0 unspecified atom stereocenters. The number of carbonyl (C=O) groups is 1. The van der Waals surface area contributed by atoms with E-state index >= 15 is 0 Å². The lowest BCUT2D eigenvalue weighted by molar-refractivity contribution is -0.117. The topological polar surface area (TPSA) is 29.1 Å². The van der Waals surface area contributed by atoms with Gasteiger partial charge in [0.1, 0.15) is 5.83 Å². The molecule has 0 radical (unpaired) electrons. The van der Waals surface area contributed by atoms with Gasteiger partial charge in [0.15, 0.2) is 0 Å². The Bertz CT molecular complexity index is 147. The molecule has 3 heteroatoms. The van der Waals surface area contributed by atoms with E-state index in [1.54, 1.807) is 0 Å². The summed E-state index contributed by atoms with van der Waals surface area (Å²) in [6.45, 7) is 2.69. The van der Waals surface area contributed by atoms with Gasteiger partial charge >= 0.3 is 0 Å². The van der Waals surface area contributed by atoms with Crippen LogP contribution < -0.4 is 5.32 Å². The molecule has 0 aromatic carbocycles. The second-order valence-electron chi connectivity index (χ2n) is 1.74. The van der Waals surface area contributed by atoms with Gasteiger partial charge in [0, 0.05) is 12.6 Å². The average Bonchev–Trinajstić information content (AvgIpc) is 1.84. The number of amides is 1. The van der Waals surface area contributed by atoms with Crippen LogP contribution >= 0.6 is 0 Å². The Hall–Kier alpha value is -0.860. The quantitative estimate of drug-likeness (QED) is 0.528. The van der Waals surface area contributed by atoms with Crippen molar-refractivity contribution in [1.82, 2.24) is 5.32 Å². The standard InChI is InChI=1S/C6H10FNO/c1-4(5(2)7)6(9)8-3/h1-3H3,(H,8,9)/b5-4+. The molecule has 0 rings (SSSR count). The molecule has 0 aromatic rings. The molecule has 0 atom stereocenters. The van der Waals surface area contributed by atoms with Gasteiger partial charge in [-0.05, 0) is 13.8 Å². The van der Waals surface area contributed by atoms with E-state index in [2.05, 4.69) is 5.32 Å². The summed E-state index contributed by atoms with van der Waals surface area (Å²) in [7, 11) is 1.47. The third-order valence-electron chi connectivity index (χ3n) is 1.08. The first-order chi connectivity index (χ1) is 4.09. The zero-order valence-electron chi connectivity index (χ0n) is 5.79. The fraction of sp³-hybridized carbons (Fsp3) is 0.500. The number of carbonyl (C=O) groups excluding carboxylic acids is 1. The number of allylic oxidation sites excluding steroid dienone is 1. The van der Waals surface area contributed by atoms with Gasteiger partial charge in [-0.25, -0.2) is 4.39 Å². The fourth-order valence-corrected chi connectivity index (χ4v) is 0.344. The van der Waals surface area contributed by atoms with Crippen molar-refractivity contribution in [3.05, 3.63) is 11.4 Å². The molecule has 0 bridgehead atoms. The van der Waals surface area contributed by atoms with Gasteiger partial charge in [0.05, 0.1) is 0 Å². The van der Waals surface area contributed by atoms with Crippen LogP contribution in [0.1, 0.15) is 13.8 Å². The summed E-state index contributed by atoms with van der Waals surface area (Å²) in [5.74, 6) is -0.802. The van der Waals surface area contributed by atoms with E-state index in [1.807, 2.05) is 0 Å². The van der Waals surface area contributed by atoms with Crippen LogP contribution in [0.4, 0.5) is 4.39 Å². The van der Waals surface area contributed by atoms with E-state index in [4.69, 9.17) is 0 Å². The largest absolute Gasteiger partial charge is 0.355 e. The molecule has 1 N–H and O–H groups in total. The highest BCUT2D eigenvalue weighted by molar-refractivity contribution is 5.92. The van der Waals surface area contributed by atoms with Gasteiger partial charge in [-0.3, -0.25) is 4.79 Å². The summed E-state index contributed by atoms with van der Waals surface area (Å²) in [4.78, 5) is 10.5. The van der Waals surface area contributed by atoms with Crippen molar-refractivity contribution in [3.8, 4) is 0 Å². The van der Waals surface area contributed by atoms with Crippen molar-refractivity contribution in [1.29, 1.82) is 0 Å². The Balaban J connectivity index is 4.21. The second kappa shape index (κ2) is 3.22. The number of halogens is 1. The van der Waals surface area contributed by atoms with Crippen molar-refractivity contribution in [2.45, 2.75) is 13.8 Å². The van der Waals surface area contributed by atoms with E-state index in [9.17, 15) is 9.18 Å². The highest BCUT2D eigenvalue weighted by atomic mass is 19.1. The van der Waals surface area contributed by atoms with Gasteiger partial charge < -0.3 is 5.32 Å². The van der Waals surface area contributed by atoms with Crippen LogP contribution in [0.2, 0.25) is 0 Å². The Morgan fingerprint density at radius 1 is 1.44 bits per heavy atom. The van der Waals surface area contributed by atoms with E-state index < -0.39 is 5.83 Å². The minimum Gasteiger partial charge on any atom is -0.355 e. The normalized spacial score (nSPS) is 12.4. The number of hydrogen-bond acceptors (Lipinski definition) is 1. The second-order valence-corrected chi connectivity index (χ2v) is 1.74. The molecule has 0 aliphatic rings. The number of hydrogen-bond donors (Lipinski definition) is 1. The molecule has 0 aliphatic carbocycles. The predicted octanol–water partition coefficient (Wildman–Crippen LogP) is 0.996. The lowest BCUT2D eigenvalue weighted by atomic mass is 10.2. The maximum Gasteiger partial charge on any atom is 0.249 e. The van der Waals surface area contributed by atoms with Crippen LogP contribution in [0.5, 0.6) is 0 Å². The zero-order chi connectivity index (χ0) is 7.44. The van der Waals surface area contributed by atoms with E-state index in [-0.39, 0.29) is 11.5 Å². The smallest absolute Gasteiger partial charge is 0.249 e. The Labute approximate surface area is 53.8 Å². The van der Waals surface area contributed by atoms with Gasteiger partial charge in [-0.15, -0.1) is 0 Å². The summed E-state index contributed by atoms with van der Waals surface area (Å²) >= 11 is 0. The molecule has 0 spiro atoms. The summed E-state index contributed by atoms with van der Waals surface area (Å²) in [5.41, 5.74) is 0.137. The molecule has 0 saturated heterocycles. The summed E-state index contributed by atoms with van der Waals surface area (Å²) in [6.07, 6.45) is 0. The van der Waals surface area contributed by atoms with Crippen molar-refractivity contribution >= 4 is 5.91 Å². The Morgan fingerprint density at radius 3 is 2.00 bits per heavy atom. The highest BCUT2D eigenvalue weighted by Crippen LogP contribution is 2.02. The van der Waals surface area contributed by atoms with Crippen LogP contribution in [0, 0.1) is 0 Å². The molecule has 9 heavy (non-hydrogen) atoms. The molecule has 0 aromatic heterocycles. The van der Waals surface area contributed by atoms with Gasteiger partial charge in [0.25, 0.3) is 0 Å². The van der Waals surface area contributed by atoms with Crippen molar-refractivity contribution in [2.75, 3.05) is 7.05 Å². The zero-order valence-corrected chi connectivity index (χ0v) is 5.79. The van der Waals surface area contributed by atoms with Crippen LogP contribution in [0.15, 0.2) is 11.4 Å². The molecule has 1 amide bonds. The fourth-order valence-electron chi connectivity index (χ4n) is 0.344. The molecular weight excluding hydrogens is 121 g/mol. The number of nitrogens with one attached hydrogen (secondary N) is 1. The van der Waals surface area contributed by atoms with E-state index in [0.29, 0.717) is 0 Å². The predicted molar refractivity (Wildman–Crippen MR) is 33.5 cm³/mol. The van der Waals surface area contributed by atoms with E-state index in [1.165, 1.54) is 20.9 Å². The molecule has 0 aliphatic heterocycles. The number of rotatable bonds is 1. The van der Waals surface area contributed by atoms with Crippen LogP contribution in [-0.4, -0.2) is 13.0 Å². The molecule has 0 saturated carbocycles. The minimum absolute atomic E-state index is 0.137. The van der Waals surface area contributed by atoms with Gasteiger partial charge in [-0.2, -0.15) is 0 Å².